The zero-order valence-corrected chi connectivity index (χ0v) is 19.0. The van der Waals surface area contributed by atoms with Gasteiger partial charge in [0, 0.05) is 17.1 Å². The van der Waals surface area contributed by atoms with E-state index in [1.54, 1.807) is 11.4 Å². The highest BCUT2D eigenvalue weighted by Gasteiger charge is 2.16. The summed E-state index contributed by atoms with van der Waals surface area (Å²) in [5.41, 5.74) is 1.42. The lowest BCUT2D eigenvalue weighted by Gasteiger charge is -2.10. The van der Waals surface area contributed by atoms with Gasteiger partial charge in [0.05, 0.1) is 11.3 Å². The number of thioether (sulfide) groups is 1. The van der Waals surface area contributed by atoms with Gasteiger partial charge in [-0.15, -0.1) is 21.5 Å². The Morgan fingerprint density at radius 2 is 2.03 bits per heavy atom. The first-order valence-electron chi connectivity index (χ1n) is 9.71. The van der Waals surface area contributed by atoms with Gasteiger partial charge < -0.3 is 9.88 Å². The van der Waals surface area contributed by atoms with Crippen LogP contribution in [0.3, 0.4) is 0 Å². The zero-order chi connectivity index (χ0) is 21.3. The van der Waals surface area contributed by atoms with Gasteiger partial charge in [-0.3, -0.25) is 4.79 Å². The highest BCUT2D eigenvalue weighted by molar-refractivity contribution is 7.99. The van der Waals surface area contributed by atoms with Crippen molar-refractivity contribution in [1.82, 2.24) is 14.8 Å². The Bertz CT molecular complexity index is 1020. The normalized spacial score (nSPS) is 10.7. The van der Waals surface area contributed by atoms with Crippen molar-refractivity contribution in [3.05, 3.63) is 46.3 Å². The number of aromatic nitrogens is 3. The molecule has 0 spiro atoms. The molecular weight excluding hydrogens is 438 g/mol. The molecule has 156 valence electrons. The summed E-state index contributed by atoms with van der Waals surface area (Å²) in [5.74, 6) is 0.792. The Kier molecular flexibility index (Phi) is 8.31. The quantitative estimate of drug-likeness (QED) is 0.304. The van der Waals surface area contributed by atoms with Crippen LogP contribution in [0.2, 0.25) is 5.02 Å². The molecule has 0 fully saturated rings. The summed E-state index contributed by atoms with van der Waals surface area (Å²) in [6.07, 6.45) is 4.51. The number of nitrogens with one attached hydrogen (secondary N) is 1. The van der Waals surface area contributed by atoms with Crippen LogP contribution in [0.15, 0.2) is 40.9 Å². The molecule has 0 atom stereocenters. The van der Waals surface area contributed by atoms with Crippen molar-refractivity contribution < 1.29 is 4.79 Å². The highest BCUT2D eigenvalue weighted by atomic mass is 35.5. The molecule has 0 aliphatic heterocycles. The van der Waals surface area contributed by atoms with E-state index in [-0.39, 0.29) is 11.7 Å². The van der Waals surface area contributed by atoms with Gasteiger partial charge in [0.15, 0.2) is 11.0 Å². The number of carbonyl (C=O) groups is 1. The monoisotopic (exact) mass is 459 g/mol. The van der Waals surface area contributed by atoms with Gasteiger partial charge in [-0.1, -0.05) is 49.5 Å². The molecule has 1 aromatic carbocycles. The van der Waals surface area contributed by atoms with Gasteiger partial charge in [-0.2, -0.15) is 5.26 Å². The van der Waals surface area contributed by atoms with Gasteiger partial charge >= 0.3 is 0 Å². The number of carbonyl (C=O) groups excluding carboxylic acids is 1. The van der Waals surface area contributed by atoms with Crippen molar-refractivity contribution in [3.8, 4) is 17.5 Å². The Hall–Kier alpha value is -2.34. The third kappa shape index (κ3) is 5.85. The van der Waals surface area contributed by atoms with Crippen molar-refractivity contribution in [3.63, 3.8) is 0 Å². The molecule has 3 rings (SSSR count). The van der Waals surface area contributed by atoms with Crippen LogP contribution in [-0.2, 0) is 11.3 Å². The average Bonchev–Trinajstić information content (AvgIpc) is 3.36. The maximum absolute atomic E-state index is 12.4. The minimum absolute atomic E-state index is 0.174. The lowest BCUT2D eigenvalue weighted by molar-refractivity contribution is -0.113. The molecule has 0 bridgehead atoms. The number of nitriles is 1. The molecule has 0 aliphatic rings. The molecule has 2 aromatic heterocycles. The molecule has 0 saturated heterocycles. The van der Waals surface area contributed by atoms with Crippen LogP contribution in [0.4, 0.5) is 5.00 Å². The average molecular weight is 460 g/mol. The van der Waals surface area contributed by atoms with Gasteiger partial charge in [-0.25, -0.2) is 0 Å². The SMILES string of the molecule is CCCCCCn1c(SCC(=O)Nc2sccc2C#N)nnc1-c1ccc(Cl)cc1. The number of nitrogens with zero attached hydrogens (tertiary/aromatic N) is 4. The molecule has 0 aliphatic carbocycles. The van der Waals surface area contributed by atoms with E-state index >= 15 is 0 Å². The summed E-state index contributed by atoms with van der Waals surface area (Å²) in [4.78, 5) is 12.4. The van der Waals surface area contributed by atoms with Crippen LogP contribution < -0.4 is 5.32 Å². The number of amides is 1. The van der Waals surface area contributed by atoms with Gasteiger partial charge in [0.25, 0.3) is 0 Å². The first kappa shape index (κ1) is 22.3. The number of hydrogen-bond acceptors (Lipinski definition) is 6. The van der Waals surface area contributed by atoms with Crippen LogP contribution in [-0.4, -0.2) is 26.4 Å². The second-order valence-electron chi connectivity index (χ2n) is 6.64. The van der Waals surface area contributed by atoms with Gasteiger partial charge in [0.1, 0.15) is 11.1 Å². The van der Waals surface area contributed by atoms with E-state index in [2.05, 4.69) is 33.1 Å². The molecular formula is C21H22ClN5OS2. The number of unbranched alkanes of at least 4 members (excludes halogenated alkanes) is 3. The predicted octanol–water partition coefficient (Wildman–Crippen LogP) is 5.84. The van der Waals surface area contributed by atoms with E-state index < -0.39 is 0 Å². The summed E-state index contributed by atoms with van der Waals surface area (Å²) >= 11 is 8.70. The minimum Gasteiger partial charge on any atom is -0.316 e. The summed E-state index contributed by atoms with van der Waals surface area (Å²) in [7, 11) is 0. The second kappa shape index (κ2) is 11.2. The summed E-state index contributed by atoms with van der Waals surface area (Å²) < 4.78 is 2.07. The Labute approximate surface area is 189 Å². The summed E-state index contributed by atoms with van der Waals surface area (Å²) in [5, 5.41) is 24.3. The van der Waals surface area contributed by atoms with Crippen LogP contribution in [0.25, 0.3) is 11.4 Å². The maximum Gasteiger partial charge on any atom is 0.235 e. The van der Waals surface area contributed by atoms with Crippen molar-refractivity contribution in [1.29, 1.82) is 5.26 Å². The number of anilines is 1. The Morgan fingerprint density at radius 1 is 1.23 bits per heavy atom. The standard InChI is InChI=1S/C21H22ClN5OS2/c1-2-3-4-5-11-27-19(15-6-8-17(22)9-7-15)25-26-21(27)30-14-18(28)24-20-16(13-23)10-12-29-20/h6-10,12H,2-5,11,14H2,1H3,(H,24,28). The van der Waals surface area contributed by atoms with Crippen LogP contribution in [0.5, 0.6) is 0 Å². The zero-order valence-electron chi connectivity index (χ0n) is 16.6. The smallest absolute Gasteiger partial charge is 0.235 e. The number of halogens is 1. The van der Waals surface area contributed by atoms with Gasteiger partial charge in [0.2, 0.25) is 5.91 Å². The van der Waals surface area contributed by atoms with E-state index in [1.165, 1.54) is 35.9 Å². The summed E-state index contributed by atoms with van der Waals surface area (Å²) in [6, 6.07) is 11.3. The Balaban J connectivity index is 1.72. The van der Waals surface area contributed by atoms with Crippen molar-refractivity contribution in [2.45, 2.75) is 44.3 Å². The molecule has 1 N–H and O–H groups in total. The van der Waals surface area contributed by atoms with Crippen LogP contribution >= 0.6 is 34.7 Å². The van der Waals surface area contributed by atoms with E-state index in [0.717, 1.165) is 30.8 Å². The molecule has 1 amide bonds. The fourth-order valence-corrected chi connectivity index (χ4v) is 4.54. The molecule has 30 heavy (non-hydrogen) atoms. The first-order chi connectivity index (χ1) is 14.6. The molecule has 0 radical (unpaired) electrons. The van der Waals surface area contributed by atoms with E-state index in [9.17, 15) is 4.79 Å². The minimum atomic E-state index is -0.174. The predicted molar refractivity (Wildman–Crippen MR) is 123 cm³/mol. The van der Waals surface area contributed by atoms with Crippen LogP contribution in [0, 0.1) is 11.3 Å². The third-order valence-corrected chi connectivity index (χ3v) is 6.47. The van der Waals surface area contributed by atoms with E-state index in [0.29, 0.717) is 20.7 Å². The molecule has 9 heteroatoms. The topological polar surface area (TPSA) is 83.6 Å². The fourth-order valence-electron chi connectivity index (χ4n) is 2.89. The number of rotatable bonds is 10. The lowest BCUT2D eigenvalue weighted by Crippen LogP contribution is -2.14. The molecule has 0 unspecified atom stereocenters. The molecule has 0 saturated carbocycles. The van der Waals surface area contributed by atoms with Crippen LogP contribution in [0.1, 0.15) is 38.2 Å². The maximum atomic E-state index is 12.4. The van der Waals surface area contributed by atoms with Gasteiger partial charge in [-0.05, 0) is 42.1 Å². The molecule has 3 aromatic rings. The molecule has 2 heterocycles. The number of thiophene rings is 1. The first-order valence-corrected chi connectivity index (χ1v) is 12.0. The molecule has 6 nitrogen and oxygen atoms in total. The fraction of sp³-hybridized carbons (Fsp3) is 0.333. The summed E-state index contributed by atoms with van der Waals surface area (Å²) in [6.45, 7) is 2.97. The van der Waals surface area contributed by atoms with Crippen molar-refractivity contribution in [2.75, 3.05) is 11.1 Å². The Morgan fingerprint density at radius 3 is 2.77 bits per heavy atom. The second-order valence-corrected chi connectivity index (χ2v) is 8.93. The number of benzene rings is 1. The highest BCUT2D eigenvalue weighted by Crippen LogP contribution is 2.27. The van der Waals surface area contributed by atoms with Crippen molar-refractivity contribution in [2.24, 2.45) is 0 Å². The van der Waals surface area contributed by atoms with E-state index in [4.69, 9.17) is 16.9 Å². The number of hydrogen-bond donors (Lipinski definition) is 1. The van der Waals surface area contributed by atoms with Crippen molar-refractivity contribution >= 4 is 45.6 Å². The third-order valence-electron chi connectivity index (χ3n) is 4.43. The largest absolute Gasteiger partial charge is 0.316 e. The lowest BCUT2D eigenvalue weighted by atomic mass is 10.2. The van der Waals surface area contributed by atoms with E-state index in [1.807, 2.05) is 24.3 Å².